The Kier molecular flexibility index (Phi) is 5.61. The van der Waals surface area contributed by atoms with Crippen molar-refractivity contribution in [1.82, 2.24) is 4.98 Å². The molecule has 6 heteroatoms. The Morgan fingerprint density at radius 1 is 1.25 bits per heavy atom. The summed E-state index contributed by atoms with van der Waals surface area (Å²) in [6, 6.07) is 15.9. The number of halogens is 1. The molecule has 0 saturated heterocycles. The number of thiazole rings is 1. The molecule has 1 heterocycles. The molecule has 1 N–H and O–H groups in total. The second-order valence-corrected chi connectivity index (χ2v) is 6.93. The predicted molar refractivity (Wildman–Crippen MR) is 103 cm³/mol. The molecule has 0 amide bonds. The number of aromatic nitrogens is 1. The molecule has 4 nitrogen and oxygen atoms in total. The first-order valence-electron chi connectivity index (χ1n) is 7.37. The van der Waals surface area contributed by atoms with Gasteiger partial charge in [-0.05, 0) is 42.3 Å². The van der Waals surface area contributed by atoms with Gasteiger partial charge in [0.25, 0.3) is 0 Å². The fraction of sp³-hybridized carbons (Fsp3) is 0.111. The molecular formula is C18H16BrN3OS. The van der Waals surface area contributed by atoms with E-state index < -0.39 is 0 Å². The van der Waals surface area contributed by atoms with Crippen molar-refractivity contribution in [2.45, 2.75) is 13.5 Å². The van der Waals surface area contributed by atoms with Crippen molar-refractivity contribution in [3.63, 3.8) is 0 Å². The molecule has 122 valence electrons. The molecule has 0 aliphatic carbocycles. The first-order chi connectivity index (χ1) is 11.7. The largest absolute Gasteiger partial charge is 0.489 e. The van der Waals surface area contributed by atoms with Gasteiger partial charge >= 0.3 is 0 Å². The molecule has 2 aromatic carbocycles. The van der Waals surface area contributed by atoms with Crippen LogP contribution in [0.25, 0.3) is 0 Å². The maximum absolute atomic E-state index is 5.83. The highest BCUT2D eigenvalue weighted by Crippen LogP contribution is 2.17. The number of nitrogens with one attached hydrogen (secondary N) is 1. The number of hydrogen-bond acceptors (Lipinski definition) is 5. The summed E-state index contributed by atoms with van der Waals surface area (Å²) in [6.07, 6.45) is 1.75. The summed E-state index contributed by atoms with van der Waals surface area (Å²) in [6.45, 7) is 2.49. The minimum atomic E-state index is 0.532. The van der Waals surface area contributed by atoms with Crippen LogP contribution in [0.4, 0.5) is 5.13 Å². The molecule has 3 rings (SSSR count). The summed E-state index contributed by atoms with van der Waals surface area (Å²) in [7, 11) is 0. The quantitative estimate of drug-likeness (QED) is 0.453. The minimum absolute atomic E-state index is 0.532. The lowest BCUT2D eigenvalue weighted by Gasteiger charge is -2.07. The topological polar surface area (TPSA) is 46.5 Å². The molecule has 24 heavy (non-hydrogen) atoms. The molecule has 0 saturated carbocycles. The van der Waals surface area contributed by atoms with Crippen molar-refractivity contribution < 1.29 is 4.74 Å². The number of rotatable bonds is 6. The van der Waals surface area contributed by atoms with E-state index in [-0.39, 0.29) is 0 Å². The molecule has 0 aliphatic heterocycles. The summed E-state index contributed by atoms with van der Waals surface area (Å²) in [5.74, 6) is 0.812. The van der Waals surface area contributed by atoms with E-state index in [1.54, 1.807) is 6.21 Å². The molecule has 0 atom stereocenters. The fourth-order valence-corrected chi connectivity index (χ4v) is 2.90. The van der Waals surface area contributed by atoms with E-state index in [0.29, 0.717) is 6.61 Å². The third kappa shape index (κ3) is 4.91. The highest BCUT2D eigenvalue weighted by molar-refractivity contribution is 9.10. The van der Waals surface area contributed by atoms with Crippen LogP contribution in [0.3, 0.4) is 0 Å². The van der Waals surface area contributed by atoms with Crippen molar-refractivity contribution in [3.8, 4) is 5.75 Å². The van der Waals surface area contributed by atoms with Crippen LogP contribution in [0.1, 0.15) is 16.8 Å². The third-order valence-corrected chi connectivity index (χ3v) is 4.56. The van der Waals surface area contributed by atoms with Crippen LogP contribution in [0, 0.1) is 6.92 Å². The van der Waals surface area contributed by atoms with Gasteiger partial charge in [-0.2, -0.15) is 5.10 Å². The standard InChI is InChI=1S/C18H16BrN3OS/c1-13-12-24-18(21-13)22-20-10-15-3-2-4-17(9-15)23-11-14-5-7-16(19)8-6-14/h2-10,12H,11H2,1H3,(H,21,22)/b20-10-. The Labute approximate surface area is 153 Å². The lowest BCUT2D eigenvalue weighted by atomic mass is 10.2. The van der Waals surface area contributed by atoms with Crippen LogP contribution >= 0.6 is 27.3 Å². The minimum Gasteiger partial charge on any atom is -0.489 e. The molecule has 0 fully saturated rings. The van der Waals surface area contributed by atoms with E-state index in [9.17, 15) is 0 Å². The van der Waals surface area contributed by atoms with Crippen molar-refractivity contribution >= 4 is 38.6 Å². The monoisotopic (exact) mass is 401 g/mol. The normalized spacial score (nSPS) is 10.9. The van der Waals surface area contributed by atoms with E-state index in [1.165, 1.54) is 11.3 Å². The molecule has 0 spiro atoms. The number of nitrogens with zero attached hydrogens (tertiary/aromatic N) is 2. The molecule has 0 aliphatic rings. The fourth-order valence-electron chi connectivity index (χ4n) is 2.00. The van der Waals surface area contributed by atoms with Gasteiger partial charge in [0.1, 0.15) is 12.4 Å². The number of aryl methyl sites for hydroxylation is 1. The summed E-state index contributed by atoms with van der Waals surface area (Å²) >= 11 is 4.96. The zero-order valence-corrected chi connectivity index (χ0v) is 15.5. The van der Waals surface area contributed by atoms with Crippen molar-refractivity contribution in [1.29, 1.82) is 0 Å². The van der Waals surface area contributed by atoms with Crippen molar-refractivity contribution in [2.24, 2.45) is 5.10 Å². The van der Waals surface area contributed by atoms with E-state index >= 15 is 0 Å². The van der Waals surface area contributed by atoms with Gasteiger partial charge < -0.3 is 4.74 Å². The average Bonchev–Trinajstić information content (AvgIpc) is 3.00. The zero-order valence-electron chi connectivity index (χ0n) is 13.1. The first-order valence-corrected chi connectivity index (χ1v) is 9.05. The van der Waals surface area contributed by atoms with Crippen molar-refractivity contribution in [2.75, 3.05) is 5.43 Å². The van der Waals surface area contributed by atoms with E-state index in [2.05, 4.69) is 31.4 Å². The van der Waals surface area contributed by atoms with Crippen LogP contribution in [-0.2, 0) is 6.61 Å². The van der Waals surface area contributed by atoms with Gasteiger partial charge in [-0.1, -0.05) is 40.2 Å². The Morgan fingerprint density at radius 2 is 2.08 bits per heavy atom. The second-order valence-electron chi connectivity index (χ2n) is 5.15. The summed E-state index contributed by atoms with van der Waals surface area (Å²) in [5, 5.41) is 6.97. The summed E-state index contributed by atoms with van der Waals surface area (Å²) in [4.78, 5) is 4.29. The van der Waals surface area contributed by atoms with Gasteiger partial charge in [-0.25, -0.2) is 4.98 Å². The number of ether oxygens (including phenoxy) is 1. The van der Waals surface area contributed by atoms with Gasteiger partial charge in [0.15, 0.2) is 0 Å². The summed E-state index contributed by atoms with van der Waals surface area (Å²) in [5.41, 5.74) is 6.00. The Morgan fingerprint density at radius 3 is 2.83 bits per heavy atom. The Bertz CT molecular complexity index is 830. The Balaban J connectivity index is 1.58. The highest BCUT2D eigenvalue weighted by Gasteiger charge is 1.98. The zero-order chi connectivity index (χ0) is 16.8. The van der Waals surface area contributed by atoms with Gasteiger partial charge in [-0.15, -0.1) is 11.3 Å². The van der Waals surface area contributed by atoms with Gasteiger partial charge in [0.05, 0.1) is 11.9 Å². The molecular weight excluding hydrogens is 386 g/mol. The number of hydrogen-bond donors (Lipinski definition) is 1. The first kappa shape index (κ1) is 16.7. The van der Waals surface area contributed by atoms with E-state index in [4.69, 9.17) is 4.74 Å². The lowest BCUT2D eigenvalue weighted by Crippen LogP contribution is -1.96. The van der Waals surface area contributed by atoms with Gasteiger partial charge in [0, 0.05) is 9.85 Å². The van der Waals surface area contributed by atoms with Crippen LogP contribution in [-0.4, -0.2) is 11.2 Å². The number of benzene rings is 2. The van der Waals surface area contributed by atoms with Crippen LogP contribution in [0.2, 0.25) is 0 Å². The number of anilines is 1. The molecule has 3 aromatic rings. The van der Waals surface area contributed by atoms with Crippen LogP contribution < -0.4 is 10.2 Å². The van der Waals surface area contributed by atoms with E-state index in [0.717, 1.165) is 32.2 Å². The molecule has 1 aromatic heterocycles. The summed E-state index contributed by atoms with van der Waals surface area (Å²) < 4.78 is 6.90. The third-order valence-electron chi connectivity index (χ3n) is 3.17. The number of hydrazone groups is 1. The Hall–Kier alpha value is -2.18. The van der Waals surface area contributed by atoms with Crippen LogP contribution in [0.5, 0.6) is 5.75 Å². The SMILES string of the molecule is Cc1csc(N/N=C\c2cccc(OCc3ccc(Br)cc3)c2)n1. The lowest BCUT2D eigenvalue weighted by molar-refractivity contribution is 0.306. The second kappa shape index (κ2) is 8.08. The van der Waals surface area contributed by atoms with E-state index in [1.807, 2.05) is 60.8 Å². The molecule has 0 radical (unpaired) electrons. The highest BCUT2D eigenvalue weighted by atomic mass is 79.9. The molecule has 0 unspecified atom stereocenters. The van der Waals surface area contributed by atoms with Crippen molar-refractivity contribution in [3.05, 3.63) is 75.2 Å². The van der Waals surface area contributed by atoms with Gasteiger partial charge in [-0.3, -0.25) is 5.43 Å². The smallest absolute Gasteiger partial charge is 0.203 e. The van der Waals surface area contributed by atoms with Gasteiger partial charge in [0.2, 0.25) is 5.13 Å². The maximum atomic E-state index is 5.83. The predicted octanol–water partition coefficient (Wildman–Crippen LogP) is 5.24. The maximum Gasteiger partial charge on any atom is 0.203 e. The molecule has 0 bridgehead atoms. The average molecular weight is 402 g/mol. The van der Waals surface area contributed by atoms with Crippen LogP contribution in [0.15, 0.2) is 63.5 Å².